The summed E-state index contributed by atoms with van der Waals surface area (Å²) in [6.45, 7) is 18.5. The standard InChI is InChI=1S/C5H7N.C3H5N/c1-4-5(2)6-3;1-3-4-2/h4H,1-2H3;3H2,1H3/b5-4-;. The van der Waals surface area contributed by atoms with Gasteiger partial charge >= 0.3 is 0 Å². The predicted molar refractivity (Wildman–Crippen MR) is 43.2 cm³/mol. The molecule has 0 bridgehead atoms. The number of nitrogens with zero attached hydrogens (tertiary/aromatic N) is 2. The van der Waals surface area contributed by atoms with Crippen LogP contribution in [0.2, 0.25) is 0 Å². The van der Waals surface area contributed by atoms with E-state index in [2.05, 4.69) is 9.69 Å². The molecule has 0 amide bonds. The first-order valence-corrected chi connectivity index (χ1v) is 3.06. The fourth-order valence-electron chi connectivity index (χ4n) is 0.0645. The lowest BCUT2D eigenvalue weighted by Crippen LogP contribution is -1.53. The van der Waals surface area contributed by atoms with E-state index < -0.39 is 0 Å². The van der Waals surface area contributed by atoms with Gasteiger partial charge in [-0.1, -0.05) is 13.0 Å². The monoisotopic (exact) mass is 136 g/mol. The van der Waals surface area contributed by atoms with Gasteiger partial charge in [0.1, 0.15) is 0 Å². The van der Waals surface area contributed by atoms with Crippen LogP contribution in [0.25, 0.3) is 9.69 Å². The summed E-state index contributed by atoms with van der Waals surface area (Å²) in [5.41, 5.74) is 0.759. The van der Waals surface area contributed by atoms with E-state index in [0.717, 1.165) is 5.70 Å². The number of allylic oxidation sites excluding steroid dienone is 2. The highest BCUT2D eigenvalue weighted by molar-refractivity contribution is 5.03. The molecule has 0 fully saturated rings. The van der Waals surface area contributed by atoms with Crippen LogP contribution in [-0.4, -0.2) is 6.54 Å². The topological polar surface area (TPSA) is 8.72 Å². The number of rotatable bonds is 0. The first-order chi connectivity index (χ1) is 4.72. The Kier molecular flexibility index (Phi) is 12.3. The van der Waals surface area contributed by atoms with Crippen molar-refractivity contribution in [3.05, 3.63) is 34.6 Å². The third kappa shape index (κ3) is 15.9. The highest BCUT2D eigenvalue weighted by Crippen LogP contribution is 1.88. The van der Waals surface area contributed by atoms with Crippen molar-refractivity contribution in [2.45, 2.75) is 20.8 Å². The molecule has 0 spiro atoms. The van der Waals surface area contributed by atoms with Gasteiger partial charge in [-0.25, -0.2) is 11.4 Å². The average molecular weight is 136 g/mol. The lowest BCUT2D eigenvalue weighted by molar-refractivity contribution is 1.35. The molecule has 2 heteroatoms. The van der Waals surface area contributed by atoms with Crippen molar-refractivity contribution in [3.63, 3.8) is 0 Å². The molecular weight excluding hydrogens is 124 g/mol. The zero-order valence-electron chi connectivity index (χ0n) is 6.68. The number of hydrogen-bond acceptors (Lipinski definition) is 0. The van der Waals surface area contributed by atoms with Crippen molar-refractivity contribution in [2.24, 2.45) is 0 Å². The van der Waals surface area contributed by atoms with Crippen molar-refractivity contribution in [2.75, 3.05) is 6.54 Å². The van der Waals surface area contributed by atoms with E-state index >= 15 is 0 Å². The van der Waals surface area contributed by atoms with Gasteiger partial charge in [0, 0.05) is 6.92 Å². The molecule has 0 aromatic heterocycles. The lowest BCUT2D eigenvalue weighted by atomic mass is 10.5. The van der Waals surface area contributed by atoms with Gasteiger partial charge in [-0.3, -0.25) is 0 Å². The molecular formula is C8H12N2. The largest absolute Gasteiger partial charge is 0.317 e. The zero-order chi connectivity index (χ0) is 8.41. The van der Waals surface area contributed by atoms with Gasteiger partial charge in [0.05, 0.1) is 6.57 Å². The molecule has 0 aromatic carbocycles. The Morgan fingerprint density at radius 3 is 1.90 bits per heavy atom. The highest BCUT2D eigenvalue weighted by atomic mass is 14.6. The molecule has 0 aliphatic heterocycles. The Morgan fingerprint density at radius 1 is 1.50 bits per heavy atom. The van der Waals surface area contributed by atoms with Gasteiger partial charge in [-0.05, 0) is 6.92 Å². The van der Waals surface area contributed by atoms with E-state index in [0.29, 0.717) is 6.54 Å². The van der Waals surface area contributed by atoms with E-state index in [4.69, 9.17) is 13.1 Å². The molecule has 0 aliphatic carbocycles. The molecule has 2 nitrogen and oxygen atoms in total. The minimum absolute atomic E-state index is 0.611. The summed E-state index contributed by atoms with van der Waals surface area (Å²) in [5, 5.41) is 0. The third-order valence-electron chi connectivity index (χ3n) is 0.752. The molecule has 0 saturated carbocycles. The van der Waals surface area contributed by atoms with Crippen LogP contribution >= 0.6 is 0 Å². The second-order valence-electron chi connectivity index (χ2n) is 1.52. The van der Waals surface area contributed by atoms with Crippen LogP contribution in [0.1, 0.15) is 20.8 Å². The maximum Gasteiger partial charge on any atom is 0.211 e. The van der Waals surface area contributed by atoms with E-state index in [1.54, 1.807) is 13.0 Å². The van der Waals surface area contributed by atoms with Gasteiger partial charge in [0.25, 0.3) is 0 Å². The fraction of sp³-hybridized carbons (Fsp3) is 0.500. The molecule has 0 radical (unpaired) electrons. The molecule has 0 aromatic rings. The summed E-state index contributed by atoms with van der Waals surface area (Å²) < 4.78 is 0. The van der Waals surface area contributed by atoms with Crippen molar-refractivity contribution in [1.82, 2.24) is 0 Å². The van der Waals surface area contributed by atoms with Gasteiger partial charge in [-0.2, -0.15) is 0 Å². The molecule has 0 heterocycles. The summed E-state index contributed by atoms with van der Waals surface area (Å²) in [6.07, 6.45) is 1.78. The van der Waals surface area contributed by atoms with Crippen molar-refractivity contribution >= 4 is 0 Å². The van der Waals surface area contributed by atoms with E-state index in [1.807, 2.05) is 13.8 Å². The average Bonchev–Trinajstić information content (AvgIpc) is 2.03. The Hall–Kier alpha value is -1.28. The minimum atomic E-state index is 0.611. The van der Waals surface area contributed by atoms with E-state index in [-0.39, 0.29) is 0 Å². The molecule has 0 unspecified atom stereocenters. The molecule has 54 valence electrons. The fourth-order valence-corrected chi connectivity index (χ4v) is 0.0645. The third-order valence-corrected chi connectivity index (χ3v) is 0.752. The SMILES string of the molecule is [C-]#[N+]/C(C)=C\C.[C-]#[N+]CC. The maximum atomic E-state index is 6.37. The normalized spacial score (nSPS) is 8.30. The van der Waals surface area contributed by atoms with E-state index in [1.165, 1.54) is 0 Å². The number of hydrogen-bond donors (Lipinski definition) is 0. The van der Waals surface area contributed by atoms with Crippen LogP contribution < -0.4 is 0 Å². The van der Waals surface area contributed by atoms with Gasteiger partial charge in [0.15, 0.2) is 5.70 Å². The van der Waals surface area contributed by atoms with E-state index in [9.17, 15) is 0 Å². The predicted octanol–water partition coefficient (Wildman–Crippen LogP) is 2.75. The zero-order valence-corrected chi connectivity index (χ0v) is 6.68. The Bertz CT molecular complexity index is 167. The van der Waals surface area contributed by atoms with Crippen molar-refractivity contribution in [1.29, 1.82) is 0 Å². The Labute approximate surface area is 62.8 Å². The molecule has 0 saturated heterocycles. The van der Waals surface area contributed by atoms with Gasteiger partial charge in [0.2, 0.25) is 6.54 Å². The van der Waals surface area contributed by atoms with Crippen LogP contribution in [0, 0.1) is 13.1 Å². The molecule has 10 heavy (non-hydrogen) atoms. The van der Waals surface area contributed by atoms with Gasteiger partial charge in [-0.15, -0.1) is 0 Å². The minimum Gasteiger partial charge on any atom is -0.317 e. The summed E-state index contributed by atoms with van der Waals surface area (Å²) in [5.74, 6) is 0. The van der Waals surface area contributed by atoms with Crippen molar-refractivity contribution in [3.8, 4) is 0 Å². The summed E-state index contributed by atoms with van der Waals surface area (Å²) in [7, 11) is 0. The Balaban J connectivity index is 0. The first-order valence-electron chi connectivity index (χ1n) is 3.06. The van der Waals surface area contributed by atoms with Crippen LogP contribution in [-0.2, 0) is 0 Å². The quantitative estimate of drug-likeness (QED) is 0.453. The lowest BCUT2D eigenvalue weighted by Gasteiger charge is -1.71. The van der Waals surface area contributed by atoms with Gasteiger partial charge < -0.3 is 4.85 Å². The Morgan fingerprint density at radius 2 is 1.90 bits per heavy atom. The molecule has 0 rings (SSSR count). The molecule has 0 aliphatic rings. The smallest absolute Gasteiger partial charge is 0.211 e. The van der Waals surface area contributed by atoms with Crippen molar-refractivity contribution < 1.29 is 0 Å². The summed E-state index contributed by atoms with van der Waals surface area (Å²) in [4.78, 5) is 6.10. The van der Waals surface area contributed by atoms with Crippen LogP contribution in [0.15, 0.2) is 11.8 Å². The van der Waals surface area contributed by atoms with Crippen LogP contribution in [0.3, 0.4) is 0 Å². The van der Waals surface area contributed by atoms with Crippen LogP contribution in [0.5, 0.6) is 0 Å². The second kappa shape index (κ2) is 10.7. The van der Waals surface area contributed by atoms with Crippen LogP contribution in [0.4, 0.5) is 0 Å². The molecule has 0 atom stereocenters. The second-order valence-corrected chi connectivity index (χ2v) is 1.52. The summed E-state index contributed by atoms with van der Waals surface area (Å²) in [6, 6.07) is 0. The molecule has 0 N–H and O–H groups in total. The summed E-state index contributed by atoms with van der Waals surface area (Å²) >= 11 is 0. The highest BCUT2D eigenvalue weighted by Gasteiger charge is 1.71. The first kappa shape index (κ1) is 11.5. The maximum absolute atomic E-state index is 6.37.